The second-order valence-corrected chi connectivity index (χ2v) is 8.79. The van der Waals surface area contributed by atoms with E-state index in [4.69, 9.17) is 28.9 Å². The summed E-state index contributed by atoms with van der Waals surface area (Å²) < 4.78 is 0. The van der Waals surface area contributed by atoms with Gasteiger partial charge in [-0.2, -0.15) is 0 Å². The zero-order valence-electron chi connectivity index (χ0n) is 16.2. The van der Waals surface area contributed by atoms with E-state index in [-0.39, 0.29) is 32.1 Å². The molecule has 0 radical (unpaired) electrons. The van der Waals surface area contributed by atoms with Gasteiger partial charge in [-0.3, -0.25) is 4.79 Å². The number of halogens is 2. The first-order valence-electron chi connectivity index (χ1n) is 9.34. The standard InChI is InChI=1S/C20H20Cl2N6OS/c1-27-7-9-28(10-8-27)12-5-6-15(24-11-12)25-20-26-19(23)18(30-20)17(29)16-13(21)3-2-4-14(16)22/h2-6,11H,7-10,23H2,1H3,(H,24,25,26). The highest BCUT2D eigenvalue weighted by Gasteiger charge is 2.23. The molecule has 1 saturated heterocycles. The molecule has 1 aliphatic rings. The maximum Gasteiger partial charge on any atom is 0.209 e. The Hall–Kier alpha value is -2.39. The number of aromatic nitrogens is 2. The summed E-state index contributed by atoms with van der Waals surface area (Å²) >= 11 is 13.4. The number of thiazole rings is 1. The van der Waals surface area contributed by atoms with E-state index >= 15 is 0 Å². The molecule has 0 bridgehead atoms. The second-order valence-electron chi connectivity index (χ2n) is 6.98. The number of nitrogen functional groups attached to an aromatic ring is 1. The third-order valence-corrected chi connectivity index (χ3v) is 6.52. The van der Waals surface area contributed by atoms with Gasteiger partial charge in [0.1, 0.15) is 16.5 Å². The normalized spacial score (nSPS) is 14.7. The summed E-state index contributed by atoms with van der Waals surface area (Å²) in [6.45, 7) is 4.02. The fourth-order valence-electron chi connectivity index (χ4n) is 3.20. The summed E-state index contributed by atoms with van der Waals surface area (Å²) in [5.41, 5.74) is 7.29. The van der Waals surface area contributed by atoms with E-state index in [0.29, 0.717) is 10.9 Å². The summed E-state index contributed by atoms with van der Waals surface area (Å²) in [7, 11) is 2.13. The molecule has 3 aromatic rings. The van der Waals surface area contributed by atoms with Crippen LogP contribution >= 0.6 is 34.5 Å². The summed E-state index contributed by atoms with van der Waals surface area (Å²) in [4.78, 5) is 26.5. The highest BCUT2D eigenvalue weighted by Crippen LogP contribution is 2.33. The molecule has 1 aliphatic heterocycles. The molecule has 10 heteroatoms. The first-order chi connectivity index (χ1) is 14.4. The predicted octanol–water partition coefficient (Wildman–Crippen LogP) is 4.15. The SMILES string of the molecule is CN1CCN(c2ccc(Nc3nc(N)c(C(=O)c4c(Cl)cccc4Cl)s3)nc2)CC1. The first-order valence-corrected chi connectivity index (χ1v) is 10.9. The molecular weight excluding hydrogens is 443 g/mol. The van der Waals surface area contributed by atoms with E-state index < -0.39 is 0 Å². The van der Waals surface area contributed by atoms with Gasteiger partial charge in [0, 0.05) is 26.2 Å². The van der Waals surface area contributed by atoms with Crippen molar-refractivity contribution in [3.63, 3.8) is 0 Å². The number of benzene rings is 1. The Morgan fingerprint density at radius 2 is 1.83 bits per heavy atom. The van der Waals surface area contributed by atoms with E-state index in [0.717, 1.165) is 43.2 Å². The van der Waals surface area contributed by atoms with Crippen molar-refractivity contribution in [1.82, 2.24) is 14.9 Å². The van der Waals surface area contributed by atoms with Crippen LogP contribution in [0.3, 0.4) is 0 Å². The first kappa shape index (κ1) is 20.9. The number of anilines is 4. The van der Waals surface area contributed by atoms with Gasteiger partial charge < -0.3 is 20.9 Å². The van der Waals surface area contributed by atoms with Gasteiger partial charge in [0.05, 0.1) is 27.5 Å². The summed E-state index contributed by atoms with van der Waals surface area (Å²) in [6.07, 6.45) is 1.83. The Labute approximate surface area is 188 Å². The Morgan fingerprint density at radius 1 is 1.13 bits per heavy atom. The maximum atomic E-state index is 12.9. The third-order valence-electron chi connectivity index (χ3n) is 4.90. The van der Waals surface area contributed by atoms with Gasteiger partial charge in [-0.1, -0.05) is 40.6 Å². The van der Waals surface area contributed by atoms with Crippen LogP contribution in [0.15, 0.2) is 36.5 Å². The highest BCUT2D eigenvalue weighted by molar-refractivity contribution is 7.18. The number of nitrogens with two attached hydrogens (primary N) is 1. The van der Waals surface area contributed by atoms with Gasteiger partial charge in [-0.05, 0) is 31.3 Å². The number of nitrogens with one attached hydrogen (secondary N) is 1. The molecule has 0 spiro atoms. The van der Waals surface area contributed by atoms with Crippen LogP contribution in [0.1, 0.15) is 15.2 Å². The van der Waals surface area contributed by atoms with Gasteiger partial charge >= 0.3 is 0 Å². The molecule has 3 N–H and O–H groups in total. The van der Waals surface area contributed by atoms with Gasteiger partial charge in [0.25, 0.3) is 0 Å². The maximum absolute atomic E-state index is 12.9. The number of carbonyl (C=O) groups excluding carboxylic acids is 1. The Bertz CT molecular complexity index is 1040. The Balaban J connectivity index is 1.49. The zero-order chi connectivity index (χ0) is 21.3. The van der Waals surface area contributed by atoms with Gasteiger partial charge in [0.2, 0.25) is 5.78 Å². The number of nitrogens with zero attached hydrogens (tertiary/aromatic N) is 4. The van der Waals surface area contributed by atoms with Crippen LogP contribution < -0.4 is 16.0 Å². The van der Waals surface area contributed by atoms with Crippen molar-refractivity contribution in [2.75, 3.05) is 49.2 Å². The Kier molecular flexibility index (Phi) is 6.10. The van der Waals surface area contributed by atoms with Crippen LogP contribution in [0.2, 0.25) is 10.0 Å². The van der Waals surface area contributed by atoms with Gasteiger partial charge in [-0.15, -0.1) is 0 Å². The van der Waals surface area contributed by atoms with Crippen molar-refractivity contribution < 1.29 is 4.79 Å². The topological polar surface area (TPSA) is 87.4 Å². The van der Waals surface area contributed by atoms with E-state index in [1.54, 1.807) is 18.2 Å². The minimum atomic E-state index is -0.355. The average molecular weight is 463 g/mol. The molecular formula is C20H20Cl2N6OS. The summed E-state index contributed by atoms with van der Waals surface area (Å²) in [5, 5.41) is 4.13. The number of ketones is 1. The lowest BCUT2D eigenvalue weighted by atomic mass is 10.1. The van der Waals surface area contributed by atoms with Crippen molar-refractivity contribution in [1.29, 1.82) is 0 Å². The fraction of sp³-hybridized carbons (Fsp3) is 0.250. The molecule has 4 rings (SSSR count). The number of pyridine rings is 1. The lowest BCUT2D eigenvalue weighted by Gasteiger charge is -2.33. The van der Waals surface area contributed by atoms with E-state index in [9.17, 15) is 4.79 Å². The fourth-order valence-corrected chi connectivity index (χ4v) is 4.60. The molecule has 30 heavy (non-hydrogen) atoms. The van der Waals surface area contributed by atoms with Gasteiger partial charge in [0.15, 0.2) is 5.13 Å². The molecule has 0 saturated carbocycles. The minimum absolute atomic E-state index is 0.123. The van der Waals surface area contributed by atoms with Crippen molar-refractivity contribution in [2.45, 2.75) is 0 Å². The molecule has 1 aromatic carbocycles. The quantitative estimate of drug-likeness (QED) is 0.550. The van der Waals surface area contributed by atoms with Crippen LogP contribution in [0.25, 0.3) is 0 Å². The number of likely N-dealkylation sites (N-methyl/N-ethyl adjacent to an activating group) is 1. The largest absolute Gasteiger partial charge is 0.382 e. The molecule has 2 aromatic heterocycles. The highest BCUT2D eigenvalue weighted by atomic mass is 35.5. The van der Waals surface area contributed by atoms with Crippen LogP contribution in [0.4, 0.5) is 22.5 Å². The van der Waals surface area contributed by atoms with Crippen molar-refractivity contribution in [3.8, 4) is 0 Å². The van der Waals surface area contributed by atoms with E-state index in [1.165, 1.54) is 0 Å². The molecule has 0 atom stereocenters. The van der Waals surface area contributed by atoms with Crippen LogP contribution in [-0.4, -0.2) is 53.9 Å². The average Bonchev–Trinajstić information content (AvgIpc) is 3.09. The number of rotatable bonds is 5. The summed E-state index contributed by atoms with van der Waals surface area (Å²) in [5.74, 6) is 0.390. The molecule has 0 aliphatic carbocycles. The molecule has 156 valence electrons. The zero-order valence-corrected chi connectivity index (χ0v) is 18.6. The molecule has 1 fully saturated rings. The third kappa shape index (κ3) is 4.37. The van der Waals surface area contributed by atoms with Crippen molar-refractivity contribution >= 4 is 62.8 Å². The van der Waals surface area contributed by atoms with E-state index in [1.807, 2.05) is 18.3 Å². The lowest BCUT2D eigenvalue weighted by molar-refractivity contribution is 0.104. The number of piperazine rings is 1. The van der Waals surface area contributed by atoms with Crippen molar-refractivity contribution in [2.24, 2.45) is 0 Å². The van der Waals surface area contributed by atoms with Crippen molar-refractivity contribution in [3.05, 3.63) is 57.0 Å². The number of hydrogen-bond donors (Lipinski definition) is 2. The molecule has 0 unspecified atom stereocenters. The van der Waals surface area contributed by atoms with Crippen LogP contribution in [-0.2, 0) is 0 Å². The molecule has 0 amide bonds. The van der Waals surface area contributed by atoms with Crippen LogP contribution in [0, 0.1) is 0 Å². The second kappa shape index (κ2) is 8.77. The molecule has 3 heterocycles. The Morgan fingerprint density at radius 3 is 2.47 bits per heavy atom. The lowest BCUT2D eigenvalue weighted by Crippen LogP contribution is -2.44. The summed E-state index contributed by atoms with van der Waals surface area (Å²) in [6, 6.07) is 8.82. The monoisotopic (exact) mass is 462 g/mol. The minimum Gasteiger partial charge on any atom is -0.382 e. The van der Waals surface area contributed by atoms with E-state index in [2.05, 4.69) is 32.1 Å². The smallest absolute Gasteiger partial charge is 0.209 e. The van der Waals surface area contributed by atoms with Gasteiger partial charge in [-0.25, -0.2) is 9.97 Å². The predicted molar refractivity (Wildman–Crippen MR) is 124 cm³/mol. The number of hydrogen-bond acceptors (Lipinski definition) is 8. The molecule has 7 nitrogen and oxygen atoms in total. The number of carbonyl (C=O) groups is 1. The van der Waals surface area contributed by atoms with Crippen LogP contribution in [0.5, 0.6) is 0 Å².